The molecule has 1 aromatic heterocycles. The van der Waals surface area contributed by atoms with Crippen molar-refractivity contribution >= 4 is 43.8 Å². The topological polar surface area (TPSA) is 40.2 Å². The molecule has 0 saturated heterocycles. The van der Waals surface area contributed by atoms with Gasteiger partial charge in [-0.2, -0.15) is 0 Å². The summed E-state index contributed by atoms with van der Waals surface area (Å²) >= 11 is 5.23. The Labute approximate surface area is 119 Å². The van der Waals surface area contributed by atoms with Gasteiger partial charge in [-0.05, 0) is 31.0 Å². The summed E-state index contributed by atoms with van der Waals surface area (Å²) in [5.41, 5.74) is 1.16. The third-order valence-electron chi connectivity index (χ3n) is 2.93. The Morgan fingerprint density at radius 2 is 2.22 bits per heavy atom. The zero-order chi connectivity index (χ0) is 12.4. The van der Waals surface area contributed by atoms with Crippen molar-refractivity contribution in [3.63, 3.8) is 0 Å². The van der Waals surface area contributed by atoms with E-state index in [2.05, 4.69) is 55.6 Å². The number of amidine groups is 1. The molecule has 2 heterocycles. The minimum atomic E-state index is 0.932. The maximum atomic E-state index is 4.57. The Morgan fingerprint density at radius 3 is 3.17 bits per heavy atom. The quantitative estimate of drug-likeness (QED) is 0.838. The number of thioether (sulfide) groups is 1. The number of aromatic amines is 1. The van der Waals surface area contributed by atoms with E-state index in [1.54, 1.807) is 11.8 Å². The lowest BCUT2D eigenvalue weighted by molar-refractivity contribution is 0.750. The van der Waals surface area contributed by atoms with Crippen molar-refractivity contribution in [2.24, 2.45) is 4.99 Å². The van der Waals surface area contributed by atoms with Crippen LogP contribution in [0.2, 0.25) is 0 Å². The minimum absolute atomic E-state index is 0.932. The van der Waals surface area contributed by atoms with Crippen LogP contribution in [0.25, 0.3) is 10.9 Å². The van der Waals surface area contributed by atoms with E-state index in [9.17, 15) is 0 Å². The van der Waals surface area contributed by atoms with Crippen LogP contribution in [0.1, 0.15) is 12.8 Å². The fourth-order valence-corrected chi connectivity index (χ4v) is 3.29. The number of hydrogen-bond donors (Lipinski definition) is 2. The molecule has 0 spiro atoms. The fraction of sp³-hybridized carbons (Fsp3) is 0.308. The maximum absolute atomic E-state index is 4.57. The van der Waals surface area contributed by atoms with Gasteiger partial charge in [-0.15, -0.1) is 0 Å². The van der Waals surface area contributed by atoms with Gasteiger partial charge in [0.2, 0.25) is 0 Å². The summed E-state index contributed by atoms with van der Waals surface area (Å²) in [6, 6.07) is 6.28. The van der Waals surface area contributed by atoms with E-state index in [0.717, 1.165) is 28.2 Å². The Balaban J connectivity index is 1.90. The molecule has 0 atom stereocenters. The standard InChI is InChI=1S/C13H14BrN3S/c14-9-3-4-11-10(7-9)12(8-17-11)18-13-15-5-1-2-6-16-13/h3-4,7-8,17H,1-2,5-6H2,(H,15,16). The molecular formula is C13H14BrN3S. The Bertz CT molecular complexity index is 591. The molecular weight excluding hydrogens is 310 g/mol. The average molecular weight is 324 g/mol. The van der Waals surface area contributed by atoms with Gasteiger partial charge in [-0.3, -0.25) is 4.99 Å². The van der Waals surface area contributed by atoms with E-state index in [1.807, 2.05) is 0 Å². The third-order valence-corrected chi connectivity index (χ3v) is 4.45. The normalized spacial score (nSPS) is 16.2. The van der Waals surface area contributed by atoms with E-state index < -0.39 is 0 Å². The first kappa shape index (κ1) is 12.1. The van der Waals surface area contributed by atoms with E-state index in [1.165, 1.54) is 23.1 Å². The lowest BCUT2D eigenvalue weighted by Gasteiger charge is -2.05. The number of rotatable bonds is 1. The smallest absolute Gasteiger partial charge is 0.161 e. The molecule has 18 heavy (non-hydrogen) atoms. The molecule has 0 unspecified atom stereocenters. The SMILES string of the molecule is Brc1ccc2[nH]cc(SC3=NCCCCN3)c2c1. The molecule has 94 valence electrons. The number of halogens is 1. The molecule has 0 radical (unpaired) electrons. The molecule has 5 heteroatoms. The van der Waals surface area contributed by atoms with Crippen LogP contribution in [-0.2, 0) is 0 Å². The van der Waals surface area contributed by atoms with E-state index in [0.29, 0.717) is 0 Å². The molecule has 2 N–H and O–H groups in total. The first-order chi connectivity index (χ1) is 8.83. The minimum Gasteiger partial charge on any atom is -0.365 e. The summed E-state index contributed by atoms with van der Waals surface area (Å²) in [6.45, 7) is 1.96. The zero-order valence-corrected chi connectivity index (χ0v) is 12.3. The monoisotopic (exact) mass is 323 g/mol. The number of nitrogens with one attached hydrogen (secondary N) is 2. The third kappa shape index (κ3) is 2.57. The number of benzene rings is 1. The number of aromatic nitrogens is 1. The highest BCUT2D eigenvalue weighted by atomic mass is 79.9. The Hall–Kier alpha value is -0.940. The predicted octanol–water partition coefficient (Wildman–Crippen LogP) is 3.76. The van der Waals surface area contributed by atoms with Crippen molar-refractivity contribution in [1.29, 1.82) is 0 Å². The van der Waals surface area contributed by atoms with Gasteiger partial charge in [0.05, 0.1) is 0 Å². The van der Waals surface area contributed by atoms with Crippen LogP contribution >= 0.6 is 27.7 Å². The summed E-state index contributed by atoms with van der Waals surface area (Å²) in [4.78, 5) is 9.09. The van der Waals surface area contributed by atoms with Crippen molar-refractivity contribution in [3.8, 4) is 0 Å². The lowest BCUT2D eigenvalue weighted by atomic mass is 10.2. The number of fused-ring (bicyclic) bond motifs is 1. The summed E-state index contributed by atoms with van der Waals surface area (Å²) in [5.74, 6) is 0. The van der Waals surface area contributed by atoms with Crippen molar-refractivity contribution < 1.29 is 0 Å². The number of nitrogens with zero attached hydrogens (tertiary/aromatic N) is 1. The molecule has 1 aliphatic rings. The summed E-state index contributed by atoms with van der Waals surface area (Å²) in [5, 5.41) is 5.66. The second-order valence-corrected chi connectivity index (χ2v) is 6.21. The number of hydrogen-bond acceptors (Lipinski definition) is 3. The number of aliphatic imine (C=N–C) groups is 1. The molecule has 0 saturated carbocycles. The van der Waals surface area contributed by atoms with E-state index in [-0.39, 0.29) is 0 Å². The summed E-state index contributed by atoms with van der Waals surface area (Å²) in [6.07, 6.45) is 4.43. The van der Waals surface area contributed by atoms with E-state index in [4.69, 9.17) is 0 Å². The highest BCUT2D eigenvalue weighted by Crippen LogP contribution is 2.30. The van der Waals surface area contributed by atoms with Gasteiger partial charge in [0.15, 0.2) is 5.17 Å². The van der Waals surface area contributed by atoms with Gasteiger partial charge in [-0.1, -0.05) is 27.7 Å². The lowest BCUT2D eigenvalue weighted by Crippen LogP contribution is -2.19. The second kappa shape index (κ2) is 5.36. The highest BCUT2D eigenvalue weighted by molar-refractivity contribution is 9.10. The molecule has 0 fully saturated rings. The largest absolute Gasteiger partial charge is 0.365 e. The van der Waals surface area contributed by atoms with Crippen molar-refractivity contribution in [1.82, 2.24) is 10.3 Å². The average Bonchev–Trinajstić information content (AvgIpc) is 2.60. The highest BCUT2D eigenvalue weighted by Gasteiger charge is 2.10. The summed E-state index contributed by atoms with van der Waals surface area (Å²) in [7, 11) is 0. The first-order valence-electron chi connectivity index (χ1n) is 6.06. The maximum Gasteiger partial charge on any atom is 0.161 e. The van der Waals surface area contributed by atoms with Crippen molar-refractivity contribution in [3.05, 3.63) is 28.9 Å². The van der Waals surface area contributed by atoms with Gasteiger partial charge in [0, 0.05) is 39.6 Å². The van der Waals surface area contributed by atoms with Crippen LogP contribution in [0.15, 0.2) is 38.8 Å². The van der Waals surface area contributed by atoms with Crippen molar-refractivity contribution in [2.45, 2.75) is 17.7 Å². The van der Waals surface area contributed by atoms with Crippen LogP contribution in [0.4, 0.5) is 0 Å². The molecule has 3 nitrogen and oxygen atoms in total. The van der Waals surface area contributed by atoms with Gasteiger partial charge in [0.1, 0.15) is 0 Å². The van der Waals surface area contributed by atoms with Crippen molar-refractivity contribution in [2.75, 3.05) is 13.1 Å². The summed E-state index contributed by atoms with van der Waals surface area (Å²) < 4.78 is 1.10. The van der Waals surface area contributed by atoms with Crippen LogP contribution in [-0.4, -0.2) is 23.2 Å². The predicted molar refractivity (Wildman–Crippen MR) is 81.4 cm³/mol. The molecule has 1 aromatic carbocycles. The Morgan fingerprint density at radius 1 is 1.28 bits per heavy atom. The van der Waals surface area contributed by atoms with E-state index >= 15 is 0 Å². The molecule has 0 amide bonds. The van der Waals surface area contributed by atoms with Crippen LogP contribution in [0.3, 0.4) is 0 Å². The fourth-order valence-electron chi connectivity index (χ4n) is 1.99. The van der Waals surface area contributed by atoms with Crippen LogP contribution in [0, 0.1) is 0 Å². The number of H-pyrrole nitrogens is 1. The second-order valence-electron chi connectivity index (χ2n) is 4.27. The molecule has 0 aliphatic carbocycles. The molecule has 0 bridgehead atoms. The molecule has 1 aliphatic heterocycles. The van der Waals surface area contributed by atoms with Gasteiger partial charge >= 0.3 is 0 Å². The van der Waals surface area contributed by atoms with Crippen LogP contribution in [0.5, 0.6) is 0 Å². The first-order valence-corrected chi connectivity index (χ1v) is 7.67. The van der Waals surface area contributed by atoms with Gasteiger partial charge in [0.25, 0.3) is 0 Å². The molecule has 2 aromatic rings. The van der Waals surface area contributed by atoms with Gasteiger partial charge < -0.3 is 10.3 Å². The Kier molecular flexibility index (Phi) is 3.61. The zero-order valence-electron chi connectivity index (χ0n) is 9.87. The molecule has 3 rings (SSSR count). The van der Waals surface area contributed by atoms with Gasteiger partial charge in [-0.25, -0.2) is 0 Å². The van der Waals surface area contributed by atoms with Crippen LogP contribution < -0.4 is 5.32 Å².